The summed E-state index contributed by atoms with van der Waals surface area (Å²) in [7, 11) is -1.84. The van der Waals surface area contributed by atoms with E-state index in [1.54, 1.807) is 0 Å². The molecular formula is C54H44Si. The second-order valence-electron chi connectivity index (χ2n) is 17.0. The summed E-state index contributed by atoms with van der Waals surface area (Å²) in [5, 5.41) is 17.2. The normalized spacial score (nSPS) is 12.5. The Bertz CT molecular complexity index is 3160. The summed E-state index contributed by atoms with van der Waals surface area (Å²) in [4.78, 5) is 0. The zero-order valence-corrected chi connectivity index (χ0v) is 33.2. The van der Waals surface area contributed by atoms with Crippen LogP contribution in [0.4, 0.5) is 0 Å². The van der Waals surface area contributed by atoms with E-state index in [2.05, 4.69) is 210 Å². The van der Waals surface area contributed by atoms with Gasteiger partial charge in [-0.3, -0.25) is 0 Å². The van der Waals surface area contributed by atoms with E-state index in [0.717, 1.165) is 0 Å². The molecule has 0 saturated carbocycles. The van der Waals surface area contributed by atoms with Gasteiger partial charge in [0.15, 0.2) is 0 Å². The number of benzene rings is 10. The van der Waals surface area contributed by atoms with Gasteiger partial charge in [-0.15, -0.1) is 0 Å². The molecule has 55 heavy (non-hydrogen) atoms. The molecule has 0 aliphatic heterocycles. The minimum atomic E-state index is -1.84. The van der Waals surface area contributed by atoms with Crippen molar-refractivity contribution in [3.8, 4) is 33.4 Å². The molecule has 0 heterocycles. The van der Waals surface area contributed by atoms with Crippen molar-refractivity contribution in [1.82, 2.24) is 0 Å². The molecule has 0 amide bonds. The lowest BCUT2D eigenvalue weighted by molar-refractivity contribution is 0.729. The topological polar surface area (TPSA) is 0 Å². The Labute approximate surface area is 324 Å². The summed E-state index contributed by atoms with van der Waals surface area (Å²) in [6, 6.07) is 66.3. The van der Waals surface area contributed by atoms with Gasteiger partial charge in [0.25, 0.3) is 0 Å². The van der Waals surface area contributed by atoms with E-state index in [1.165, 1.54) is 103 Å². The second kappa shape index (κ2) is 12.5. The zero-order chi connectivity index (χ0) is 37.5. The molecule has 0 nitrogen and oxygen atoms in total. The highest BCUT2D eigenvalue weighted by atomic mass is 28.3. The van der Waals surface area contributed by atoms with Crippen LogP contribution in [0.3, 0.4) is 0 Å². The molecule has 0 spiro atoms. The molecule has 264 valence electrons. The molecule has 0 fully saturated rings. The Hall–Kier alpha value is -6.02. The average Bonchev–Trinajstić information content (AvgIpc) is 3.21. The number of rotatable bonds is 4. The Morgan fingerprint density at radius 3 is 1.42 bits per heavy atom. The van der Waals surface area contributed by atoms with Crippen molar-refractivity contribution in [2.75, 3.05) is 0 Å². The highest BCUT2D eigenvalue weighted by molar-refractivity contribution is 6.92. The van der Waals surface area contributed by atoms with Crippen molar-refractivity contribution in [2.45, 2.75) is 38.9 Å². The highest BCUT2D eigenvalue weighted by Crippen LogP contribution is 2.43. The van der Waals surface area contributed by atoms with Gasteiger partial charge in [0.1, 0.15) is 0 Å². The monoisotopic (exact) mass is 720 g/mol. The summed E-state index contributed by atoms with van der Waals surface area (Å²) in [5.41, 5.74) is 7.63. The van der Waals surface area contributed by atoms with E-state index >= 15 is 0 Å². The summed E-state index contributed by atoms with van der Waals surface area (Å²) in [6.07, 6.45) is 0. The van der Waals surface area contributed by atoms with Gasteiger partial charge >= 0.3 is 0 Å². The first-order chi connectivity index (χ1) is 26.6. The highest BCUT2D eigenvalue weighted by Gasteiger charge is 2.37. The predicted molar refractivity (Wildman–Crippen MR) is 245 cm³/mol. The largest absolute Gasteiger partial charge is 0.0859 e. The first kappa shape index (κ1) is 33.5. The molecule has 0 radical (unpaired) electrons. The van der Waals surface area contributed by atoms with Crippen LogP contribution < -0.4 is 5.19 Å². The van der Waals surface area contributed by atoms with E-state index < -0.39 is 8.07 Å². The maximum Gasteiger partial charge on any atom is 0.0859 e. The fraction of sp³-hybridized carbons (Fsp3) is 0.111. The Morgan fingerprint density at radius 2 is 0.782 bits per heavy atom. The minimum Gasteiger partial charge on any atom is -0.0650 e. The maximum absolute atomic E-state index is 2.53. The Balaban J connectivity index is 1.13. The van der Waals surface area contributed by atoms with Crippen molar-refractivity contribution in [3.63, 3.8) is 0 Å². The quantitative estimate of drug-likeness (QED) is 0.125. The number of fused-ring (bicyclic) bond motifs is 9. The average molecular weight is 721 g/mol. The van der Waals surface area contributed by atoms with E-state index in [4.69, 9.17) is 0 Å². The Morgan fingerprint density at radius 1 is 0.327 bits per heavy atom. The zero-order valence-electron chi connectivity index (χ0n) is 32.2. The molecule has 0 aromatic heterocycles. The van der Waals surface area contributed by atoms with E-state index in [9.17, 15) is 0 Å². The SMILES string of the molecule is CC(C)(C)[Si](C)(C)c1cc(-c2ccc3ccccc3c2)cc(-c2ccc3cc(-c4cc5ccc6ccccc6c5c5c4ccc4ccccc45)ccc3c2)c1. The molecule has 0 atom stereocenters. The minimum absolute atomic E-state index is 0.221. The maximum atomic E-state index is 2.53. The third kappa shape index (κ3) is 5.57. The van der Waals surface area contributed by atoms with Crippen molar-refractivity contribution < 1.29 is 0 Å². The van der Waals surface area contributed by atoms with Crippen LogP contribution in [0.2, 0.25) is 18.1 Å². The van der Waals surface area contributed by atoms with Crippen LogP contribution >= 0.6 is 0 Å². The molecule has 0 bridgehead atoms. The van der Waals surface area contributed by atoms with E-state index in [1.807, 2.05) is 0 Å². The van der Waals surface area contributed by atoms with Crippen LogP contribution in [0.5, 0.6) is 0 Å². The molecule has 0 aliphatic carbocycles. The summed E-state index contributed by atoms with van der Waals surface area (Å²) < 4.78 is 0. The molecule has 10 aromatic carbocycles. The molecule has 0 N–H and O–H groups in total. The lowest BCUT2D eigenvalue weighted by Gasteiger charge is -2.38. The van der Waals surface area contributed by atoms with Gasteiger partial charge in [-0.2, -0.15) is 0 Å². The fourth-order valence-corrected chi connectivity index (χ4v) is 10.5. The lowest BCUT2D eigenvalue weighted by atomic mass is 9.87. The van der Waals surface area contributed by atoms with Crippen LogP contribution in [0.15, 0.2) is 176 Å². The van der Waals surface area contributed by atoms with Gasteiger partial charge < -0.3 is 0 Å². The van der Waals surface area contributed by atoms with Crippen molar-refractivity contribution in [1.29, 1.82) is 0 Å². The fourth-order valence-electron chi connectivity index (χ4n) is 8.64. The Kier molecular flexibility index (Phi) is 7.63. The first-order valence-electron chi connectivity index (χ1n) is 19.6. The predicted octanol–water partition coefficient (Wildman–Crippen LogP) is 15.3. The van der Waals surface area contributed by atoms with Gasteiger partial charge in [0.05, 0.1) is 8.07 Å². The van der Waals surface area contributed by atoms with Crippen molar-refractivity contribution >= 4 is 77.9 Å². The molecule has 0 aliphatic rings. The molecule has 0 saturated heterocycles. The third-order valence-electron chi connectivity index (χ3n) is 12.8. The van der Waals surface area contributed by atoms with Crippen LogP contribution in [-0.2, 0) is 0 Å². The van der Waals surface area contributed by atoms with Crippen LogP contribution in [0.25, 0.3) is 98.0 Å². The van der Waals surface area contributed by atoms with Gasteiger partial charge in [0.2, 0.25) is 0 Å². The molecule has 10 rings (SSSR count). The summed E-state index contributed by atoms with van der Waals surface area (Å²) in [5.74, 6) is 0. The van der Waals surface area contributed by atoms with Crippen LogP contribution in [0, 0.1) is 0 Å². The van der Waals surface area contributed by atoms with E-state index in [-0.39, 0.29) is 5.04 Å². The molecule has 10 aromatic rings. The first-order valence-corrected chi connectivity index (χ1v) is 22.6. The van der Waals surface area contributed by atoms with Gasteiger partial charge in [-0.1, -0.05) is 185 Å². The standard InChI is InChI=1S/C54H44Si/c1-54(2,3)55(4,5)47-32-45(41-20-18-35-12-6-7-15-38(35)28-41)31-46(33-47)42-22-21-40-30-43(24-23-39(40)29-42)51-34-44-25-19-36-13-8-10-16-48(36)52(44)53-49-17-11-9-14-37(49)26-27-50(51)53/h6-34H,1-5H3. The van der Waals surface area contributed by atoms with Crippen LogP contribution in [0.1, 0.15) is 20.8 Å². The van der Waals surface area contributed by atoms with Crippen molar-refractivity contribution in [2.24, 2.45) is 0 Å². The lowest BCUT2D eigenvalue weighted by Crippen LogP contribution is -2.49. The molecule has 0 unspecified atom stereocenters. The molecule has 1 heteroatoms. The van der Waals surface area contributed by atoms with Crippen LogP contribution in [-0.4, -0.2) is 8.07 Å². The van der Waals surface area contributed by atoms with Gasteiger partial charge in [-0.05, 0) is 133 Å². The third-order valence-corrected chi connectivity index (χ3v) is 18.3. The van der Waals surface area contributed by atoms with Gasteiger partial charge in [-0.25, -0.2) is 0 Å². The number of hydrogen-bond donors (Lipinski definition) is 0. The van der Waals surface area contributed by atoms with E-state index in [0.29, 0.717) is 0 Å². The van der Waals surface area contributed by atoms with Crippen molar-refractivity contribution in [3.05, 3.63) is 176 Å². The van der Waals surface area contributed by atoms with Gasteiger partial charge in [0, 0.05) is 0 Å². The summed E-state index contributed by atoms with van der Waals surface area (Å²) >= 11 is 0. The second-order valence-corrected chi connectivity index (χ2v) is 22.4. The number of hydrogen-bond acceptors (Lipinski definition) is 0. The smallest absolute Gasteiger partial charge is 0.0650 e. The summed E-state index contributed by atoms with van der Waals surface area (Å²) in [6.45, 7) is 12.3. The molecular weight excluding hydrogens is 677 g/mol.